The predicted octanol–water partition coefficient (Wildman–Crippen LogP) is 4.53. The molecule has 0 bridgehead atoms. The van der Waals surface area contributed by atoms with E-state index in [0.717, 1.165) is 16.9 Å². The molecule has 25 heavy (non-hydrogen) atoms. The van der Waals surface area contributed by atoms with Crippen molar-refractivity contribution in [3.63, 3.8) is 0 Å². The molecule has 4 nitrogen and oxygen atoms in total. The number of hydrogen-bond acceptors (Lipinski definition) is 3. The molecular formula is C21H17NO3. The maximum Gasteiger partial charge on any atom is 0.337 e. The van der Waals surface area contributed by atoms with Crippen LogP contribution < -0.4 is 4.74 Å². The Bertz CT molecular complexity index is 871. The van der Waals surface area contributed by atoms with Crippen molar-refractivity contribution in [2.75, 3.05) is 0 Å². The summed E-state index contributed by atoms with van der Waals surface area (Å²) in [6, 6.07) is 20.9. The third-order valence-corrected chi connectivity index (χ3v) is 3.62. The van der Waals surface area contributed by atoms with E-state index in [1.807, 2.05) is 66.7 Å². The number of hydrogen-bond donors (Lipinski definition) is 1. The fourth-order valence-corrected chi connectivity index (χ4v) is 2.29. The van der Waals surface area contributed by atoms with Gasteiger partial charge in [-0.25, -0.2) is 4.79 Å². The van der Waals surface area contributed by atoms with Gasteiger partial charge in [0.05, 0.1) is 11.3 Å². The summed E-state index contributed by atoms with van der Waals surface area (Å²) in [5.74, 6) is -0.201. The van der Waals surface area contributed by atoms with Crippen molar-refractivity contribution in [2.45, 2.75) is 6.61 Å². The van der Waals surface area contributed by atoms with Crippen LogP contribution in [0.25, 0.3) is 12.2 Å². The first kappa shape index (κ1) is 16.5. The zero-order valence-electron chi connectivity index (χ0n) is 13.5. The van der Waals surface area contributed by atoms with E-state index >= 15 is 0 Å². The highest BCUT2D eigenvalue weighted by Crippen LogP contribution is 2.21. The highest BCUT2D eigenvalue weighted by molar-refractivity contribution is 5.87. The molecule has 3 aromatic rings. The van der Waals surface area contributed by atoms with Crippen molar-refractivity contribution in [1.82, 2.24) is 4.98 Å². The van der Waals surface area contributed by atoms with Crippen LogP contribution in [0.3, 0.4) is 0 Å². The van der Waals surface area contributed by atoms with Crippen molar-refractivity contribution in [1.29, 1.82) is 0 Å². The minimum Gasteiger partial charge on any atom is -0.488 e. The molecule has 0 atom stereocenters. The predicted molar refractivity (Wildman–Crippen MR) is 97.3 cm³/mol. The lowest BCUT2D eigenvalue weighted by atomic mass is 10.1. The first-order valence-electron chi connectivity index (χ1n) is 7.85. The Hall–Kier alpha value is -3.40. The number of para-hydroxylation sites is 1. The number of rotatable bonds is 6. The summed E-state index contributed by atoms with van der Waals surface area (Å²) in [4.78, 5) is 15.0. The molecule has 1 N–H and O–H groups in total. The summed E-state index contributed by atoms with van der Waals surface area (Å²) in [5, 5.41) is 8.90. The largest absolute Gasteiger partial charge is 0.488 e. The van der Waals surface area contributed by atoms with Crippen LogP contribution in [0.1, 0.15) is 27.2 Å². The highest BCUT2D eigenvalue weighted by Gasteiger charge is 2.03. The van der Waals surface area contributed by atoms with Gasteiger partial charge in [0.25, 0.3) is 0 Å². The number of carbonyl (C=O) groups is 1. The Morgan fingerprint density at radius 1 is 0.960 bits per heavy atom. The first-order valence-corrected chi connectivity index (χ1v) is 7.85. The standard InChI is InChI=1S/C21H17NO3/c23-21(24)18-11-13-19(22-14-18)12-10-17-8-4-5-9-20(17)25-15-16-6-2-1-3-7-16/h1-14H,15H2,(H,23,24). The Morgan fingerprint density at radius 2 is 1.72 bits per heavy atom. The van der Waals surface area contributed by atoms with Gasteiger partial charge < -0.3 is 9.84 Å². The van der Waals surface area contributed by atoms with E-state index in [2.05, 4.69) is 4.98 Å². The van der Waals surface area contributed by atoms with Crippen molar-refractivity contribution >= 4 is 18.1 Å². The molecule has 0 aliphatic rings. The summed E-state index contributed by atoms with van der Waals surface area (Å²) in [5.41, 5.74) is 2.89. The molecule has 0 aliphatic heterocycles. The summed E-state index contributed by atoms with van der Waals surface area (Å²) in [6.07, 6.45) is 5.08. The van der Waals surface area contributed by atoms with E-state index in [9.17, 15) is 4.79 Å². The molecule has 124 valence electrons. The molecule has 4 heteroatoms. The lowest BCUT2D eigenvalue weighted by Gasteiger charge is -2.09. The molecule has 0 saturated carbocycles. The van der Waals surface area contributed by atoms with Crippen LogP contribution in [0, 0.1) is 0 Å². The second kappa shape index (κ2) is 7.93. The molecule has 0 unspecified atom stereocenters. The number of aromatic nitrogens is 1. The summed E-state index contributed by atoms with van der Waals surface area (Å²) < 4.78 is 5.91. The number of ether oxygens (including phenoxy) is 1. The van der Waals surface area contributed by atoms with Crippen LogP contribution in [0.2, 0.25) is 0 Å². The number of carboxylic acid groups (broad SMARTS) is 1. The fraction of sp³-hybridized carbons (Fsp3) is 0.0476. The van der Waals surface area contributed by atoms with Gasteiger partial charge in [-0.15, -0.1) is 0 Å². The number of aromatic carboxylic acids is 1. The monoisotopic (exact) mass is 331 g/mol. The van der Waals surface area contributed by atoms with Gasteiger partial charge >= 0.3 is 5.97 Å². The Balaban J connectivity index is 1.73. The smallest absolute Gasteiger partial charge is 0.337 e. The number of benzene rings is 2. The lowest BCUT2D eigenvalue weighted by Crippen LogP contribution is -1.97. The van der Waals surface area contributed by atoms with Gasteiger partial charge in [0, 0.05) is 11.8 Å². The molecule has 0 fully saturated rings. The summed E-state index contributed by atoms with van der Waals surface area (Å²) in [6.45, 7) is 0.497. The SMILES string of the molecule is O=C(O)c1ccc(C=Cc2ccccc2OCc2ccccc2)nc1. The molecular weight excluding hydrogens is 314 g/mol. The number of nitrogens with zero attached hydrogens (tertiary/aromatic N) is 1. The van der Waals surface area contributed by atoms with Crippen LogP contribution >= 0.6 is 0 Å². The normalized spacial score (nSPS) is 10.7. The van der Waals surface area contributed by atoms with Crippen LogP contribution in [0.15, 0.2) is 72.9 Å². The van der Waals surface area contributed by atoms with Gasteiger partial charge in [-0.1, -0.05) is 48.5 Å². The van der Waals surface area contributed by atoms with Crippen LogP contribution in [-0.4, -0.2) is 16.1 Å². The van der Waals surface area contributed by atoms with Crippen molar-refractivity contribution in [3.8, 4) is 5.75 Å². The van der Waals surface area contributed by atoms with Gasteiger partial charge in [-0.3, -0.25) is 4.98 Å². The number of pyridine rings is 1. The molecule has 0 saturated heterocycles. The van der Waals surface area contributed by atoms with E-state index < -0.39 is 5.97 Å². The van der Waals surface area contributed by atoms with Gasteiger partial charge in [0.15, 0.2) is 0 Å². The van der Waals surface area contributed by atoms with E-state index in [-0.39, 0.29) is 5.56 Å². The zero-order valence-corrected chi connectivity index (χ0v) is 13.5. The van der Waals surface area contributed by atoms with E-state index in [1.54, 1.807) is 6.07 Å². The second-order valence-electron chi connectivity index (χ2n) is 5.42. The molecule has 0 spiro atoms. The average Bonchev–Trinajstić information content (AvgIpc) is 2.66. The van der Waals surface area contributed by atoms with E-state index in [1.165, 1.54) is 12.3 Å². The van der Waals surface area contributed by atoms with E-state index in [4.69, 9.17) is 9.84 Å². The van der Waals surface area contributed by atoms with Crippen molar-refractivity contribution in [3.05, 3.63) is 95.3 Å². The lowest BCUT2D eigenvalue weighted by molar-refractivity contribution is 0.0696. The van der Waals surface area contributed by atoms with Gasteiger partial charge in [0.1, 0.15) is 12.4 Å². The maximum absolute atomic E-state index is 10.9. The van der Waals surface area contributed by atoms with Gasteiger partial charge in [-0.05, 0) is 35.9 Å². The van der Waals surface area contributed by atoms with Crippen LogP contribution in [0.4, 0.5) is 0 Å². The second-order valence-corrected chi connectivity index (χ2v) is 5.42. The molecule has 1 aromatic heterocycles. The molecule has 3 rings (SSSR count). The number of carboxylic acids is 1. The minimum atomic E-state index is -0.984. The van der Waals surface area contributed by atoms with Crippen LogP contribution in [0.5, 0.6) is 5.75 Å². The fourth-order valence-electron chi connectivity index (χ4n) is 2.29. The van der Waals surface area contributed by atoms with Gasteiger partial charge in [-0.2, -0.15) is 0 Å². The Labute approximate surface area is 146 Å². The zero-order chi connectivity index (χ0) is 17.5. The third-order valence-electron chi connectivity index (χ3n) is 3.62. The topological polar surface area (TPSA) is 59.4 Å². The van der Waals surface area contributed by atoms with Crippen molar-refractivity contribution in [2.24, 2.45) is 0 Å². The average molecular weight is 331 g/mol. The quantitative estimate of drug-likeness (QED) is 0.721. The Morgan fingerprint density at radius 3 is 2.44 bits per heavy atom. The first-order chi connectivity index (χ1) is 12.2. The molecule has 1 heterocycles. The van der Waals surface area contributed by atoms with E-state index in [0.29, 0.717) is 12.3 Å². The maximum atomic E-state index is 10.9. The van der Waals surface area contributed by atoms with Gasteiger partial charge in [0.2, 0.25) is 0 Å². The summed E-state index contributed by atoms with van der Waals surface area (Å²) >= 11 is 0. The summed E-state index contributed by atoms with van der Waals surface area (Å²) in [7, 11) is 0. The Kier molecular flexibility index (Phi) is 5.22. The molecule has 0 amide bonds. The molecule has 0 radical (unpaired) electrons. The molecule has 0 aliphatic carbocycles. The van der Waals surface area contributed by atoms with Crippen molar-refractivity contribution < 1.29 is 14.6 Å². The highest BCUT2D eigenvalue weighted by atomic mass is 16.5. The minimum absolute atomic E-state index is 0.170. The third kappa shape index (κ3) is 4.54. The molecule has 2 aromatic carbocycles. The van der Waals surface area contributed by atoms with Crippen LogP contribution in [-0.2, 0) is 6.61 Å².